The van der Waals surface area contributed by atoms with Crippen LogP contribution >= 0.6 is 0 Å². The molecule has 0 radical (unpaired) electrons. The Labute approximate surface area is 112 Å². The minimum absolute atomic E-state index is 0.211. The van der Waals surface area contributed by atoms with Crippen molar-refractivity contribution in [3.05, 3.63) is 35.4 Å². The van der Waals surface area contributed by atoms with E-state index in [0.717, 1.165) is 43.6 Å². The first kappa shape index (κ1) is 12.3. The first-order valence-electron chi connectivity index (χ1n) is 7.00. The van der Waals surface area contributed by atoms with Crippen molar-refractivity contribution in [2.24, 2.45) is 0 Å². The highest BCUT2D eigenvalue weighted by Gasteiger charge is 2.18. The van der Waals surface area contributed by atoms with Gasteiger partial charge in [-0.15, -0.1) is 10.2 Å². The van der Waals surface area contributed by atoms with Crippen LogP contribution in [-0.2, 0) is 19.4 Å². The molecule has 4 heteroatoms. The highest BCUT2D eigenvalue weighted by molar-refractivity contribution is 5.57. The Bertz CT molecular complexity index is 589. The lowest BCUT2D eigenvalue weighted by molar-refractivity contribution is 0.616. The average Bonchev–Trinajstić information content (AvgIpc) is 2.68. The summed E-state index contributed by atoms with van der Waals surface area (Å²) in [4.78, 5) is 0. The highest BCUT2D eigenvalue weighted by atomic mass is 19.1. The van der Waals surface area contributed by atoms with Crippen LogP contribution in [0.2, 0.25) is 0 Å². The highest BCUT2D eigenvalue weighted by Crippen LogP contribution is 2.26. The van der Waals surface area contributed by atoms with Crippen LogP contribution in [0.4, 0.5) is 4.39 Å². The normalized spacial score (nSPS) is 15.1. The van der Waals surface area contributed by atoms with Crippen molar-refractivity contribution in [1.82, 2.24) is 14.8 Å². The summed E-state index contributed by atoms with van der Waals surface area (Å²) in [5, 5.41) is 8.45. The summed E-state index contributed by atoms with van der Waals surface area (Å²) < 4.78 is 16.1. The van der Waals surface area contributed by atoms with E-state index in [1.807, 2.05) is 12.1 Å². The number of hydrogen-bond acceptors (Lipinski definition) is 2. The third kappa shape index (κ3) is 2.27. The molecule has 0 fully saturated rings. The Morgan fingerprint density at radius 2 is 2.11 bits per heavy atom. The Hall–Kier alpha value is -1.71. The van der Waals surface area contributed by atoms with Gasteiger partial charge < -0.3 is 4.57 Å². The van der Waals surface area contributed by atoms with Gasteiger partial charge in [0.25, 0.3) is 0 Å². The molecule has 19 heavy (non-hydrogen) atoms. The predicted molar refractivity (Wildman–Crippen MR) is 72.3 cm³/mol. The molecule has 2 aromatic rings. The van der Waals surface area contributed by atoms with Gasteiger partial charge in [0.15, 0.2) is 5.82 Å². The molecule has 0 aliphatic carbocycles. The van der Waals surface area contributed by atoms with E-state index < -0.39 is 0 Å². The van der Waals surface area contributed by atoms with Gasteiger partial charge in [-0.1, -0.05) is 19.4 Å². The van der Waals surface area contributed by atoms with E-state index in [9.17, 15) is 4.39 Å². The molecule has 0 saturated heterocycles. The van der Waals surface area contributed by atoms with Crippen LogP contribution < -0.4 is 0 Å². The molecule has 0 bridgehead atoms. The second kappa shape index (κ2) is 5.11. The van der Waals surface area contributed by atoms with Crippen molar-refractivity contribution in [2.75, 3.05) is 0 Å². The quantitative estimate of drug-likeness (QED) is 0.827. The van der Waals surface area contributed by atoms with E-state index in [1.165, 1.54) is 12.5 Å². The van der Waals surface area contributed by atoms with E-state index >= 15 is 0 Å². The largest absolute Gasteiger partial charge is 0.311 e. The molecule has 0 amide bonds. The number of halogens is 1. The van der Waals surface area contributed by atoms with Crippen molar-refractivity contribution in [2.45, 2.75) is 45.6 Å². The smallest absolute Gasteiger partial charge is 0.166 e. The zero-order valence-corrected chi connectivity index (χ0v) is 11.2. The molecule has 0 unspecified atom stereocenters. The van der Waals surface area contributed by atoms with Gasteiger partial charge in [0.05, 0.1) is 5.56 Å². The minimum Gasteiger partial charge on any atom is -0.311 e. The maximum Gasteiger partial charge on any atom is 0.166 e. The monoisotopic (exact) mass is 259 g/mol. The number of rotatable bonds is 2. The molecule has 0 spiro atoms. The minimum atomic E-state index is -0.211. The topological polar surface area (TPSA) is 30.7 Å². The van der Waals surface area contributed by atoms with Crippen molar-refractivity contribution >= 4 is 0 Å². The SMILES string of the molecule is CCc1ccc(F)c(-c2nnc3n2CCCCC3)c1. The van der Waals surface area contributed by atoms with Gasteiger partial charge in [-0.3, -0.25) is 0 Å². The van der Waals surface area contributed by atoms with Crippen LogP contribution in [0.1, 0.15) is 37.6 Å². The van der Waals surface area contributed by atoms with Gasteiger partial charge in [0.1, 0.15) is 11.6 Å². The summed E-state index contributed by atoms with van der Waals surface area (Å²) in [6.45, 7) is 2.97. The first-order valence-corrected chi connectivity index (χ1v) is 7.00. The van der Waals surface area contributed by atoms with Crippen molar-refractivity contribution in [3.63, 3.8) is 0 Å². The summed E-state index contributed by atoms with van der Waals surface area (Å²) in [6.07, 6.45) is 5.32. The zero-order chi connectivity index (χ0) is 13.2. The van der Waals surface area contributed by atoms with E-state index in [0.29, 0.717) is 11.4 Å². The lowest BCUT2D eigenvalue weighted by atomic mass is 10.1. The molecule has 2 heterocycles. The molecule has 3 rings (SSSR count). The summed E-state index contributed by atoms with van der Waals surface area (Å²) in [5.74, 6) is 1.47. The molecule has 0 saturated carbocycles. The van der Waals surface area contributed by atoms with Crippen molar-refractivity contribution < 1.29 is 4.39 Å². The molecule has 1 aromatic carbocycles. The fourth-order valence-corrected chi connectivity index (χ4v) is 2.65. The molecule has 3 nitrogen and oxygen atoms in total. The van der Waals surface area contributed by atoms with Gasteiger partial charge in [0.2, 0.25) is 0 Å². The first-order chi connectivity index (χ1) is 9.29. The molecule has 1 aliphatic rings. The fourth-order valence-electron chi connectivity index (χ4n) is 2.65. The summed E-state index contributed by atoms with van der Waals surface area (Å²) in [5.41, 5.74) is 1.71. The van der Waals surface area contributed by atoms with Crippen molar-refractivity contribution in [1.29, 1.82) is 0 Å². The average molecular weight is 259 g/mol. The molecular formula is C15H18FN3. The number of benzene rings is 1. The van der Waals surface area contributed by atoms with Gasteiger partial charge in [0, 0.05) is 13.0 Å². The van der Waals surface area contributed by atoms with Crippen LogP contribution in [0, 0.1) is 5.82 Å². The Balaban J connectivity index is 2.09. The summed E-state index contributed by atoms with van der Waals surface area (Å²) in [7, 11) is 0. The third-order valence-corrected chi connectivity index (χ3v) is 3.79. The molecule has 0 atom stereocenters. The lowest BCUT2D eigenvalue weighted by Crippen LogP contribution is -2.04. The summed E-state index contributed by atoms with van der Waals surface area (Å²) in [6, 6.07) is 5.27. The number of aromatic nitrogens is 3. The summed E-state index contributed by atoms with van der Waals surface area (Å²) >= 11 is 0. The van der Waals surface area contributed by atoms with Gasteiger partial charge in [-0.05, 0) is 37.0 Å². The number of nitrogens with zero attached hydrogens (tertiary/aromatic N) is 3. The number of aryl methyl sites for hydroxylation is 2. The Morgan fingerprint density at radius 1 is 1.21 bits per heavy atom. The van der Waals surface area contributed by atoms with Gasteiger partial charge in [-0.25, -0.2) is 4.39 Å². The molecule has 100 valence electrons. The third-order valence-electron chi connectivity index (χ3n) is 3.79. The second-order valence-corrected chi connectivity index (χ2v) is 5.07. The van der Waals surface area contributed by atoms with E-state index in [2.05, 4.69) is 21.7 Å². The standard InChI is InChI=1S/C15H18FN3/c1-2-11-7-8-13(16)12(10-11)15-18-17-14-6-4-3-5-9-19(14)15/h7-8,10H,2-6,9H2,1H3. The number of fused-ring (bicyclic) bond motifs is 1. The lowest BCUT2D eigenvalue weighted by Gasteiger charge is -2.09. The van der Waals surface area contributed by atoms with Crippen LogP contribution in [0.3, 0.4) is 0 Å². The van der Waals surface area contributed by atoms with Crippen LogP contribution in [-0.4, -0.2) is 14.8 Å². The maximum absolute atomic E-state index is 14.1. The van der Waals surface area contributed by atoms with E-state index in [-0.39, 0.29) is 5.82 Å². The molecule has 1 aliphatic heterocycles. The predicted octanol–water partition coefficient (Wildman–Crippen LogP) is 3.37. The Morgan fingerprint density at radius 3 is 2.95 bits per heavy atom. The van der Waals surface area contributed by atoms with Crippen LogP contribution in [0.25, 0.3) is 11.4 Å². The van der Waals surface area contributed by atoms with Crippen LogP contribution in [0.15, 0.2) is 18.2 Å². The fraction of sp³-hybridized carbons (Fsp3) is 0.467. The van der Waals surface area contributed by atoms with E-state index in [4.69, 9.17) is 0 Å². The maximum atomic E-state index is 14.1. The van der Waals surface area contributed by atoms with Crippen molar-refractivity contribution in [3.8, 4) is 11.4 Å². The van der Waals surface area contributed by atoms with Gasteiger partial charge in [-0.2, -0.15) is 0 Å². The van der Waals surface area contributed by atoms with Gasteiger partial charge >= 0.3 is 0 Å². The molecule has 1 aromatic heterocycles. The number of hydrogen-bond donors (Lipinski definition) is 0. The van der Waals surface area contributed by atoms with E-state index in [1.54, 1.807) is 0 Å². The zero-order valence-electron chi connectivity index (χ0n) is 11.2. The molecule has 0 N–H and O–H groups in total. The molecular weight excluding hydrogens is 241 g/mol. The second-order valence-electron chi connectivity index (χ2n) is 5.07. The Kier molecular flexibility index (Phi) is 3.32. The van der Waals surface area contributed by atoms with Crippen LogP contribution in [0.5, 0.6) is 0 Å².